The number of esters is 1. The lowest BCUT2D eigenvalue weighted by atomic mass is 10.0. The summed E-state index contributed by atoms with van der Waals surface area (Å²) in [6.45, 7) is 6.83. The topological polar surface area (TPSA) is 114 Å². The molecule has 0 aliphatic carbocycles. The van der Waals surface area contributed by atoms with E-state index in [1.807, 2.05) is 33.3 Å². The highest BCUT2D eigenvalue weighted by molar-refractivity contribution is 7.45. The molecule has 0 aromatic carbocycles. The molecule has 1 amide bonds. The molecule has 9 nitrogen and oxygen atoms in total. The minimum Gasteiger partial charge on any atom is -0.756 e. The zero-order valence-corrected chi connectivity index (χ0v) is 41.3. The third-order valence-corrected chi connectivity index (χ3v) is 12.4. The van der Waals surface area contributed by atoms with Crippen molar-refractivity contribution in [2.75, 3.05) is 40.9 Å². The van der Waals surface area contributed by atoms with Crippen molar-refractivity contribution in [1.82, 2.24) is 5.32 Å². The Balaban J connectivity index is 5.44. The molecule has 0 saturated carbocycles. The second kappa shape index (κ2) is 41.7. The summed E-state index contributed by atoms with van der Waals surface area (Å²) in [7, 11) is 1.20. The molecule has 0 bridgehead atoms. The Kier molecular flexibility index (Phi) is 40.9. The Bertz CT molecular complexity index is 1050. The first kappa shape index (κ1) is 58.8. The highest BCUT2D eigenvalue weighted by atomic mass is 31.2. The Morgan fingerprint density at radius 2 is 0.950 bits per heavy atom. The molecule has 0 aliphatic heterocycles. The molecule has 0 aromatic rings. The van der Waals surface area contributed by atoms with Crippen molar-refractivity contribution in [3.05, 3.63) is 12.2 Å². The number of hydrogen-bond donors (Lipinski definition) is 1. The van der Waals surface area contributed by atoms with Crippen molar-refractivity contribution in [2.24, 2.45) is 0 Å². The van der Waals surface area contributed by atoms with E-state index >= 15 is 0 Å². The van der Waals surface area contributed by atoms with Gasteiger partial charge >= 0.3 is 5.97 Å². The third kappa shape index (κ3) is 42.1. The number of carbonyl (C=O) groups is 2. The molecule has 1 N–H and O–H groups in total. The van der Waals surface area contributed by atoms with Gasteiger partial charge in [-0.15, -0.1) is 0 Å². The molecule has 0 heterocycles. The standard InChI is InChI=1S/C50H99N2O7P/c1-7-10-13-16-19-22-25-28-29-32-35-38-41-48(59-50(54)43-40-37-34-31-27-24-21-18-15-12-9-3)47(46-58-60(55,56)57-45-44-52(4,5)6)51-49(53)42-39-36-33-30-26-23-20-17-14-11-8-2/h38,41,47-48H,7-37,39-40,42-46H2,1-6H3,(H-,51,53,55,56)/b41-38+. The molecule has 3 unspecified atom stereocenters. The van der Waals surface area contributed by atoms with Crippen LogP contribution in [0.1, 0.15) is 245 Å². The van der Waals surface area contributed by atoms with Crippen LogP contribution < -0.4 is 10.2 Å². The summed E-state index contributed by atoms with van der Waals surface area (Å²) in [5.41, 5.74) is 0. The van der Waals surface area contributed by atoms with Crippen LogP contribution in [0.15, 0.2) is 12.2 Å². The van der Waals surface area contributed by atoms with E-state index in [2.05, 4.69) is 26.1 Å². The highest BCUT2D eigenvalue weighted by Gasteiger charge is 2.27. The third-order valence-electron chi connectivity index (χ3n) is 11.5. The van der Waals surface area contributed by atoms with E-state index in [0.717, 1.165) is 57.8 Å². The van der Waals surface area contributed by atoms with E-state index in [1.54, 1.807) is 0 Å². The van der Waals surface area contributed by atoms with Crippen molar-refractivity contribution in [1.29, 1.82) is 0 Å². The summed E-state index contributed by atoms with van der Waals surface area (Å²) < 4.78 is 30.1. The molecule has 0 radical (unpaired) electrons. The van der Waals surface area contributed by atoms with Crippen LogP contribution in [0.4, 0.5) is 0 Å². The molecule has 0 saturated heterocycles. The molecule has 0 aliphatic rings. The molecular formula is C50H99N2O7P. The van der Waals surface area contributed by atoms with Gasteiger partial charge in [-0.2, -0.15) is 0 Å². The first-order valence-electron chi connectivity index (χ1n) is 25.5. The molecule has 60 heavy (non-hydrogen) atoms. The van der Waals surface area contributed by atoms with Crippen LogP contribution in [0, 0.1) is 0 Å². The minimum absolute atomic E-state index is 0.0176. The van der Waals surface area contributed by atoms with Crippen LogP contribution >= 0.6 is 7.82 Å². The van der Waals surface area contributed by atoms with Crippen LogP contribution in [0.5, 0.6) is 0 Å². The maximum absolute atomic E-state index is 13.4. The normalized spacial score (nSPS) is 14.1. The van der Waals surface area contributed by atoms with Crippen molar-refractivity contribution in [3.8, 4) is 0 Å². The first-order chi connectivity index (χ1) is 28.9. The van der Waals surface area contributed by atoms with Crippen LogP contribution in [0.25, 0.3) is 0 Å². The summed E-state index contributed by atoms with van der Waals surface area (Å²) in [5, 5.41) is 3.01. The smallest absolute Gasteiger partial charge is 0.306 e. The Morgan fingerprint density at radius 1 is 0.567 bits per heavy atom. The van der Waals surface area contributed by atoms with Gasteiger partial charge in [-0.3, -0.25) is 14.2 Å². The quantitative estimate of drug-likeness (QED) is 0.0213. The average molecular weight is 871 g/mol. The molecule has 3 atom stereocenters. The van der Waals surface area contributed by atoms with Crippen LogP contribution in [0.2, 0.25) is 0 Å². The zero-order valence-electron chi connectivity index (χ0n) is 40.4. The number of hydrogen-bond acceptors (Lipinski definition) is 7. The zero-order chi connectivity index (χ0) is 44.4. The van der Waals surface area contributed by atoms with E-state index in [4.69, 9.17) is 13.8 Å². The number of nitrogens with zero attached hydrogens (tertiary/aromatic N) is 1. The maximum Gasteiger partial charge on any atom is 0.306 e. The van der Waals surface area contributed by atoms with Crippen molar-refractivity contribution >= 4 is 19.7 Å². The lowest BCUT2D eigenvalue weighted by molar-refractivity contribution is -0.870. The number of likely N-dealkylation sites (N-methyl/N-ethyl adjacent to an activating group) is 1. The van der Waals surface area contributed by atoms with Crippen LogP contribution in [0.3, 0.4) is 0 Å². The molecule has 0 rings (SSSR count). The van der Waals surface area contributed by atoms with Gasteiger partial charge in [-0.1, -0.05) is 213 Å². The van der Waals surface area contributed by atoms with Gasteiger partial charge in [0.1, 0.15) is 19.3 Å². The molecule has 0 spiro atoms. The van der Waals surface area contributed by atoms with E-state index in [9.17, 15) is 19.0 Å². The van der Waals surface area contributed by atoms with E-state index in [0.29, 0.717) is 17.4 Å². The van der Waals surface area contributed by atoms with Crippen molar-refractivity contribution in [2.45, 2.75) is 258 Å². The summed E-state index contributed by atoms with van der Waals surface area (Å²) in [5.74, 6) is -0.533. The number of phosphoric ester groups is 1. The Hall–Kier alpha value is -1.25. The fourth-order valence-corrected chi connectivity index (χ4v) is 8.19. The number of rotatable bonds is 46. The molecule has 10 heteroatoms. The summed E-state index contributed by atoms with van der Waals surface area (Å²) in [6.07, 6.45) is 43.1. The van der Waals surface area contributed by atoms with E-state index in [1.165, 1.54) is 154 Å². The van der Waals surface area contributed by atoms with Crippen molar-refractivity contribution in [3.63, 3.8) is 0 Å². The number of amides is 1. The second-order valence-electron chi connectivity index (χ2n) is 18.7. The van der Waals surface area contributed by atoms with Crippen molar-refractivity contribution < 1.29 is 37.3 Å². The fraction of sp³-hybridized carbons (Fsp3) is 0.920. The molecule has 0 aromatic heterocycles. The lowest BCUT2D eigenvalue weighted by Crippen LogP contribution is -2.47. The number of ether oxygens (including phenoxy) is 1. The minimum atomic E-state index is -4.67. The van der Waals surface area contributed by atoms with Gasteiger partial charge in [0.15, 0.2) is 0 Å². The van der Waals surface area contributed by atoms with Gasteiger partial charge in [0, 0.05) is 12.8 Å². The van der Waals surface area contributed by atoms with Gasteiger partial charge in [0.25, 0.3) is 7.82 Å². The number of nitrogens with one attached hydrogen (secondary N) is 1. The Labute approximate surface area is 371 Å². The van der Waals surface area contributed by atoms with Gasteiger partial charge in [0.2, 0.25) is 5.91 Å². The molecular weight excluding hydrogens is 772 g/mol. The largest absolute Gasteiger partial charge is 0.756 e. The van der Waals surface area contributed by atoms with Crippen LogP contribution in [-0.2, 0) is 27.9 Å². The predicted octanol–water partition coefficient (Wildman–Crippen LogP) is 13.9. The maximum atomic E-state index is 13.4. The highest BCUT2D eigenvalue weighted by Crippen LogP contribution is 2.38. The summed E-state index contributed by atoms with van der Waals surface area (Å²) in [4.78, 5) is 39.5. The monoisotopic (exact) mass is 871 g/mol. The van der Waals surface area contributed by atoms with Gasteiger partial charge in [-0.25, -0.2) is 0 Å². The Morgan fingerprint density at radius 3 is 1.37 bits per heavy atom. The first-order valence-corrected chi connectivity index (χ1v) is 27.0. The van der Waals surface area contributed by atoms with E-state index in [-0.39, 0.29) is 31.5 Å². The van der Waals surface area contributed by atoms with E-state index < -0.39 is 20.0 Å². The van der Waals surface area contributed by atoms with Gasteiger partial charge in [-0.05, 0) is 31.8 Å². The predicted molar refractivity (Wildman–Crippen MR) is 252 cm³/mol. The van der Waals surface area contributed by atoms with Gasteiger partial charge < -0.3 is 28.5 Å². The number of allylic oxidation sites excluding steroid dienone is 1. The number of carbonyl (C=O) groups excluding carboxylic acids is 2. The number of quaternary nitrogens is 1. The summed E-state index contributed by atoms with van der Waals surface area (Å²) in [6, 6.07) is -0.875. The van der Waals surface area contributed by atoms with Crippen LogP contribution in [-0.4, -0.2) is 69.4 Å². The van der Waals surface area contributed by atoms with Gasteiger partial charge in [0.05, 0.1) is 33.8 Å². The number of phosphoric acid groups is 1. The SMILES string of the molecule is CCCCCCCCCCCC/C=C/C(OC(=O)CCCCCCCCCCCCC)C(COP(=O)([O-])OCC[N+](C)(C)C)NC(=O)CCCCCCCCCCCCC. The summed E-state index contributed by atoms with van der Waals surface area (Å²) >= 11 is 0. The fourth-order valence-electron chi connectivity index (χ4n) is 7.46. The lowest BCUT2D eigenvalue weighted by Gasteiger charge is -2.30. The molecule has 0 fully saturated rings. The number of unbranched alkanes of at least 4 members (excludes halogenated alkanes) is 30. The average Bonchev–Trinajstić information content (AvgIpc) is 3.20. The second-order valence-corrected chi connectivity index (χ2v) is 20.1. The molecule has 356 valence electrons.